The molecule has 2 N–H and O–H groups in total. The number of pyridine rings is 1. The van der Waals surface area contributed by atoms with Crippen LogP contribution >= 0.6 is 0 Å². The van der Waals surface area contributed by atoms with Crippen LogP contribution in [0.1, 0.15) is 35.0 Å². The molecule has 0 bridgehead atoms. The second kappa shape index (κ2) is 6.64. The molecule has 4 nitrogen and oxygen atoms in total. The molecular formula is C22H21N3O. The van der Waals surface area contributed by atoms with Crippen molar-refractivity contribution in [2.24, 2.45) is 5.73 Å². The smallest absolute Gasteiger partial charge is 0.249 e. The number of aromatic nitrogens is 2. The van der Waals surface area contributed by atoms with Gasteiger partial charge in [-0.1, -0.05) is 37.6 Å². The van der Waals surface area contributed by atoms with E-state index in [2.05, 4.69) is 34.7 Å². The number of carbonyl (C=O) groups excluding carboxylic acids is 1. The van der Waals surface area contributed by atoms with E-state index in [9.17, 15) is 4.79 Å². The Morgan fingerprint density at radius 2 is 1.96 bits per heavy atom. The quantitative estimate of drug-likeness (QED) is 0.587. The minimum absolute atomic E-state index is 0.398. The third-order valence-electron chi connectivity index (χ3n) is 4.81. The number of nitrogens with zero attached hydrogens (tertiary/aromatic N) is 2. The van der Waals surface area contributed by atoms with Crippen LogP contribution in [0.25, 0.3) is 21.8 Å². The van der Waals surface area contributed by atoms with Crippen LogP contribution < -0.4 is 5.73 Å². The lowest BCUT2D eigenvalue weighted by Crippen LogP contribution is -2.11. The second-order valence-corrected chi connectivity index (χ2v) is 6.57. The maximum atomic E-state index is 12.0. The van der Waals surface area contributed by atoms with Gasteiger partial charge in [0.1, 0.15) is 0 Å². The number of fused-ring (bicyclic) bond motifs is 3. The van der Waals surface area contributed by atoms with E-state index in [0.29, 0.717) is 12.1 Å². The molecule has 4 aromatic rings. The normalized spacial score (nSPS) is 11.3. The van der Waals surface area contributed by atoms with E-state index < -0.39 is 5.91 Å². The Morgan fingerprint density at radius 3 is 2.69 bits per heavy atom. The lowest BCUT2D eigenvalue weighted by molar-refractivity contribution is 0.100. The van der Waals surface area contributed by atoms with Crippen LogP contribution in [0.5, 0.6) is 0 Å². The molecule has 26 heavy (non-hydrogen) atoms. The lowest BCUT2D eigenvalue weighted by atomic mass is 10.0. The molecule has 2 aromatic carbocycles. The number of hydrogen-bond donors (Lipinski definition) is 1. The van der Waals surface area contributed by atoms with Crippen molar-refractivity contribution < 1.29 is 4.79 Å². The Hall–Kier alpha value is -3.14. The van der Waals surface area contributed by atoms with Crippen LogP contribution in [-0.4, -0.2) is 15.5 Å². The molecule has 0 aliphatic carbocycles. The minimum Gasteiger partial charge on any atom is -0.366 e. The molecule has 0 radical (unpaired) electrons. The zero-order valence-electron chi connectivity index (χ0n) is 14.8. The Labute approximate surface area is 152 Å². The predicted octanol–water partition coefficient (Wildman–Crippen LogP) is 4.29. The molecule has 0 aliphatic rings. The average molecular weight is 343 g/mol. The summed E-state index contributed by atoms with van der Waals surface area (Å²) in [4.78, 5) is 16.5. The van der Waals surface area contributed by atoms with Crippen molar-refractivity contribution in [2.75, 3.05) is 0 Å². The third kappa shape index (κ3) is 2.73. The van der Waals surface area contributed by atoms with Gasteiger partial charge in [-0.2, -0.15) is 0 Å². The van der Waals surface area contributed by atoms with Gasteiger partial charge in [0.2, 0.25) is 5.91 Å². The highest BCUT2D eigenvalue weighted by Gasteiger charge is 2.17. The lowest BCUT2D eigenvalue weighted by Gasteiger charge is -2.08. The predicted molar refractivity (Wildman–Crippen MR) is 105 cm³/mol. The van der Waals surface area contributed by atoms with Crippen LogP contribution in [0.3, 0.4) is 0 Å². The molecule has 0 saturated heterocycles. The van der Waals surface area contributed by atoms with Crippen molar-refractivity contribution in [3.05, 3.63) is 77.6 Å². The van der Waals surface area contributed by atoms with Gasteiger partial charge < -0.3 is 10.3 Å². The molecule has 2 aromatic heterocycles. The topological polar surface area (TPSA) is 60.9 Å². The minimum atomic E-state index is -0.398. The van der Waals surface area contributed by atoms with Gasteiger partial charge in [-0.25, -0.2) is 0 Å². The Bertz CT molecular complexity index is 1100. The van der Waals surface area contributed by atoms with E-state index in [1.807, 2.05) is 30.3 Å². The fraction of sp³-hybridized carbons (Fsp3) is 0.182. The van der Waals surface area contributed by atoms with Crippen molar-refractivity contribution in [1.29, 1.82) is 0 Å². The Balaban J connectivity index is 2.03. The maximum absolute atomic E-state index is 12.0. The van der Waals surface area contributed by atoms with Crippen molar-refractivity contribution in [2.45, 2.75) is 26.3 Å². The van der Waals surface area contributed by atoms with E-state index in [4.69, 9.17) is 5.73 Å². The first-order chi connectivity index (χ1) is 12.7. The van der Waals surface area contributed by atoms with Gasteiger partial charge in [-0.3, -0.25) is 9.78 Å². The van der Waals surface area contributed by atoms with Crippen molar-refractivity contribution in [3.63, 3.8) is 0 Å². The van der Waals surface area contributed by atoms with E-state index in [-0.39, 0.29) is 0 Å². The van der Waals surface area contributed by atoms with Gasteiger partial charge in [-0.05, 0) is 42.3 Å². The molecule has 2 heterocycles. The summed E-state index contributed by atoms with van der Waals surface area (Å²) in [6, 6.07) is 18.2. The number of primary amides is 1. The third-order valence-corrected chi connectivity index (χ3v) is 4.81. The summed E-state index contributed by atoms with van der Waals surface area (Å²) in [6.07, 6.45) is 3.93. The van der Waals surface area contributed by atoms with Crippen LogP contribution in [-0.2, 0) is 13.0 Å². The van der Waals surface area contributed by atoms with Crippen LogP contribution in [0.4, 0.5) is 0 Å². The van der Waals surface area contributed by atoms with Crippen molar-refractivity contribution in [3.8, 4) is 0 Å². The monoisotopic (exact) mass is 343 g/mol. The number of carbonyl (C=O) groups is 1. The van der Waals surface area contributed by atoms with Crippen LogP contribution in [0.15, 0.2) is 60.8 Å². The number of nitrogens with two attached hydrogens (primary N) is 1. The summed E-state index contributed by atoms with van der Waals surface area (Å²) in [6.45, 7) is 2.83. The maximum Gasteiger partial charge on any atom is 0.249 e. The highest BCUT2D eigenvalue weighted by molar-refractivity contribution is 6.17. The standard InChI is InChI=1S/C22H21N3O/c1-2-6-15-10-11-17-20(13-15)25(14-16-7-3-4-12-24-16)19-9-5-8-18(21(17)19)22(23)26/h3-5,7-13H,2,6,14H2,1H3,(H2,23,26). The molecule has 0 aliphatic heterocycles. The SMILES string of the molecule is CCCc1ccc2c3c(C(N)=O)cccc3n(Cc3ccccn3)c2c1. The average Bonchev–Trinajstić information content (AvgIpc) is 2.96. The van der Waals surface area contributed by atoms with Gasteiger partial charge >= 0.3 is 0 Å². The van der Waals surface area contributed by atoms with E-state index in [0.717, 1.165) is 40.3 Å². The molecule has 0 spiro atoms. The van der Waals surface area contributed by atoms with Gasteiger partial charge in [0.05, 0.1) is 17.8 Å². The number of aryl methyl sites for hydroxylation is 1. The van der Waals surface area contributed by atoms with Crippen LogP contribution in [0, 0.1) is 0 Å². The molecule has 0 fully saturated rings. The summed E-state index contributed by atoms with van der Waals surface area (Å²) in [5.74, 6) is -0.398. The number of benzene rings is 2. The zero-order chi connectivity index (χ0) is 18.1. The number of rotatable bonds is 5. The van der Waals surface area contributed by atoms with Crippen molar-refractivity contribution >= 4 is 27.7 Å². The van der Waals surface area contributed by atoms with Crippen molar-refractivity contribution in [1.82, 2.24) is 9.55 Å². The molecule has 4 rings (SSSR count). The molecule has 130 valence electrons. The second-order valence-electron chi connectivity index (χ2n) is 6.57. The van der Waals surface area contributed by atoms with Crippen LogP contribution in [0.2, 0.25) is 0 Å². The molecule has 0 unspecified atom stereocenters. The summed E-state index contributed by atoms with van der Waals surface area (Å²) in [5, 5.41) is 1.99. The van der Waals surface area contributed by atoms with E-state index in [1.165, 1.54) is 5.56 Å². The number of amides is 1. The summed E-state index contributed by atoms with van der Waals surface area (Å²) in [5.41, 5.74) is 10.6. The molecule has 0 saturated carbocycles. The molecular weight excluding hydrogens is 322 g/mol. The van der Waals surface area contributed by atoms with Gasteiger partial charge in [0, 0.05) is 28.0 Å². The van der Waals surface area contributed by atoms with E-state index in [1.54, 1.807) is 12.3 Å². The number of hydrogen-bond acceptors (Lipinski definition) is 2. The summed E-state index contributed by atoms with van der Waals surface area (Å²) >= 11 is 0. The molecule has 1 amide bonds. The summed E-state index contributed by atoms with van der Waals surface area (Å²) in [7, 11) is 0. The van der Waals surface area contributed by atoms with E-state index >= 15 is 0 Å². The zero-order valence-corrected chi connectivity index (χ0v) is 14.8. The first-order valence-corrected chi connectivity index (χ1v) is 8.92. The fourth-order valence-corrected chi connectivity index (χ4v) is 3.66. The summed E-state index contributed by atoms with van der Waals surface area (Å²) < 4.78 is 2.23. The highest BCUT2D eigenvalue weighted by atomic mass is 16.1. The molecule has 0 atom stereocenters. The van der Waals surface area contributed by atoms with Gasteiger partial charge in [-0.15, -0.1) is 0 Å². The Kier molecular flexibility index (Phi) is 4.17. The van der Waals surface area contributed by atoms with Gasteiger partial charge in [0.25, 0.3) is 0 Å². The largest absolute Gasteiger partial charge is 0.366 e. The highest BCUT2D eigenvalue weighted by Crippen LogP contribution is 2.33. The first kappa shape index (κ1) is 16.3. The first-order valence-electron chi connectivity index (χ1n) is 8.92. The van der Waals surface area contributed by atoms with Gasteiger partial charge in [0.15, 0.2) is 0 Å². The molecule has 4 heteroatoms. The fourth-order valence-electron chi connectivity index (χ4n) is 3.66. The Morgan fingerprint density at radius 1 is 1.08 bits per heavy atom.